The van der Waals surface area contributed by atoms with Crippen LogP contribution < -0.4 is 0 Å². The van der Waals surface area contributed by atoms with Crippen molar-refractivity contribution in [2.24, 2.45) is 0 Å². The topological polar surface area (TPSA) is 28.7 Å². The SMILES string of the molecule is Fc1cccc(F)c1-c1ccn[nH]1. The van der Waals surface area contributed by atoms with Gasteiger partial charge < -0.3 is 0 Å². The first-order valence-corrected chi connectivity index (χ1v) is 3.73. The number of nitrogens with one attached hydrogen (secondary N) is 1. The van der Waals surface area contributed by atoms with Crippen molar-refractivity contribution in [2.75, 3.05) is 0 Å². The van der Waals surface area contributed by atoms with Crippen molar-refractivity contribution in [3.63, 3.8) is 0 Å². The van der Waals surface area contributed by atoms with Crippen LogP contribution in [0.3, 0.4) is 0 Å². The van der Waals surface area contributed by atoms with Crippen LogP contribution in [0.2, 0.25) is 0 Å². The molecule has 0 aliphatic rings. The van der Waals surface area contributed by atoms with Crippen molar-refractivity contribution >= 4 is 0 Å². The lowest BCUT2D eigenvalue weighted by Gasteiger charge is -2.00. The standard InChI is InChI=1S/C9H6F2N2/c10-6-2-1-3-7(11)9(6)8-4-5-12-13-8/h1-5H,(H,12,13). The van der Waals surface area contributed by atoms with E-state index in [0.717, 1.165) is 0 Å². The molecule has 0 spiro atoms. The summed E-state index contributed by atoms with van der Waals surface area (Å²) in [5.41, 5.74) is 0.274. The van der Waals surface area contributed by atoms with Crippen LogP contribution in [-0.4, -0.2) is 10.2 Å². The summed E-state index contributed by atoms with van der Waals surface area (Å²) in [6.45, 7) is 0. The zero-order valence-electron chi connectivity index (χ0n) is 6.59. The smallest absolute Gasteiger partial charge is 0.135 e. The molecule has 1 N–H and O–H groups in total. The summed E-state index contributed by atoms with van der Waals surface area (Å²) >= 11 is 0. The fourth-order valence-corrected chi connectivity index (χ4v) is 1.15. The van der Waals surface area contributed by atoms with E-state index in [-0.39, 0.29) is 5.56 Å². The minimum absolute atomic E-state index is 0.0694. The van der Waals surface area contributed by atoms with E-state index in [1.165, 1.54) is 30.5 Å². The van der Waals surface area contributed by atoms with Crippen LogP contribution in [-0.2, 0) is 0 Å². The molecule has 0 aliphatic heterocycles. The monoisotopic (exact) mass is 180 g/mol. The van der Waals surface area contributed by atoms with Crippen molar-refractivity contribution in [2.45, 2.75) is 0 Å². The third-order valence-electron chi connectivity index (χ3n) is 1.73. The maximum Gasteiger partial charge on any atom is 0.135 e. The zero-order chi connectivity index (χ0) is 9.26. The molecule has 0 saturated carbocycles. The Morgan fingerprint density at radius 2 is 1.77 bits per heavy atom. The van der Waals surface area contributed by atoms with Crippen LogP contribution in [0.4, 0.5) is 8.78 Å². The Bertz CT molecular complexity index is 389. The number of hydrogen-bond donors (Lipinski definition) is 1. The van der Waals surface area contributed by atoms with Crippen molar-refractivity contribution in [3.8, 4) is 11.3 Å². The second-order valence-electron chi connectivity index (χ2n) is 2.57. The highest BCUT2D eigenvalue weighted by Gasteiger charge is 2.10. The maximum absolute atomic E-state index is 13.1. The van der Waals surface area contributed by atoms with E-state index in [9.17, 15) is 8.78 Å². The molecule has 1 aromatic carbocycles. The Labute approximate surface area is 73.2 Å². The summed E-state index contributed by atoms with van der Waals surface area (Å²) < 4.78 is 26.3. The highest BCUT2D eigenvalue weighted by atomic mass is 19.1. The summed E-state index contributed by atoms with van der Waals surface area (Å²) in [6.07, 6.45) is 1.45. The average Bonchev–Trinajstić information content (AvgIpc) is 2.57. The van der Waals surface area contributed by atoms with Gasteiger partial charge in [-0.15, -0.1) is 0 Å². The number of aromatic amines is 1. The van der Waals surface area contributed by atoms with Gasteiger partial charge in [0.05, 0.1) is 11.3 Å². The third kappa shape index (κ3) is 1.30. The predicted octanol–water partition coefficient (Wildman–Crippen LogP) is 2.35. The van der Waals surface area contributed by atoms with Crippen molar-refractivity contribution < 1.29 is 8.78 Å². The van der Waals surface area contributed by atoms with Gasteiger partial charge in [-0.25, -0.2) is 8.78 Å². The molecule has 1 aromatic heterocycles. The zero-order valence-corrected chi connectivity index (χ0v) is 6.59. The molecule has 0 atom stereocenters. The Hall–Kier alpha value is -1.71. The molecule has 4 heteroatoms. The molecule has 0 radical (unpaired) electrons. The second-order valence-corrected chi connectivity index (χ2v) is 2.57. The number of H-pyrrole nitrogens is 1. The van der Waals surface area contributed by atoms with Gasteiger partial charge in [-0.1, -0.05) is 6.07 Å². The predicted molar refractivity (Wildman–Crippen MR) is 43.9 cm³/mol. The van der Waals surface area contributed by atoms with Gasteiger partial charge in [0.1, 0.15) is 11.6 Å². The number of nitrogens with zero attached hydrogens (tertiary/aromatic N) is 1. The largest absolute Gasteiger partial charge is 0.278 e. The van der Waals surface area contributed by atoms with Crippen molar-refractivity contribution in [3.05, 3.63) is 42.1 Å². The molecule has 0 unspecified atom stereocenters. The fraction of sp³-hybridized carbons (Fsp3) is 0. The lowest BCUT2D eigenvalue weighted by atomic mass is 10.1. The molecular weight excluding hydrogens is 174 g/mol. The Morgan fingerprint density at radius 1 is 1.08 bits per heavy atom. The van der Waals surface area contributed by atoms with E-state index in [0.29, 0.717) is 5.69 Å². The molecule has 66 valence electrons. The first kappa shape index (κ1) is 7.91. The fourth-order valence-electron chi connectivity index (χ4n) is 1.15. The van der Waals surface area contributed by atoms with E-state index in [1.807, 2.05) is 0 Å². The van der Waals surface area contributed by atoms with Crippen LogP contribution in [0.15, 0.2) is 30.5 Å². The first-order chi connectivity index (χ1) is 6.29. The van der Waals surface area contributed by atoms with Gasteiger partial charge in [0, 0.05) is 6.20 Å². The van der Waals surface area contributed by atoms with Gasteiger partial charge in [0.25, 0.3) is 0 Å². The van der Waals surface area contributed by atoms with E-state index in [2.05, 4.69) is 10.2 Å². The van der Waals surface area contributed by atoms with E-state index < -0.39 is 11.6 Å². The number of benzene rings is 1. The normalized spacial score (nSPS) is 10.3. The molecule has 0 aliphatic carbocycles. The minimum Gasteiger partial charge on any atom is -0.278 e. The quantitative estimate of drug-likeness (QED) is 0.716. The molecule has 2 rings (SSSR count). The summed E-state index contributed by atoms with van der Waals surface area (Å²) in [5, 5.41) is 6.13. The number of halogens is 2. The summed E-state index contributed by atoms with van der Waals surface area (Å²) in [7, 11) is 0. The van der Waals surface area contributed by atoms with E-state index >= 15 is 0 Å². The van der Waals surface area contributed by atoms with E-state index in [1.54, 1.807) is 0 Å². The van der Waals surface area contributed by atoms with Gasteiger partial charge in [0.2, 0.25) is 0 Å². The van der Waals surface area contributed by atoms with Crippen LogP contribution >= 0.6 is 0 Å². The lowest BCUT2D eigenvalue weighted by Crippen LogP contribution is -1.89. The van der Waals surface area contributed by atoms with Gasteiger partial charge in [0.15, 0.2) is 0 Å². The number of aromatic nitrogens is 2. The minimum atomic E-state index is -0.593. The lowest BCUT2D eigenvalue weighted by molar-refractivity contribution is 0.588. The molecule has 13 heavy (non-hydrogen) atoms. The van der Waals surface area contributed by atoms with E-state index in [4.69, 9.17) is 0 Å². The summed E-state index contributed by atoms with van der Waals surface area (Å²) in [4.78, 5) is 0. The Morgan fingerprint density at radius 3 is 2.31 bits per heavy atom. The van der Waals surface area contributed by atoms with Crippen LogP contribution in [0.25, 0.3) is 11.3 Å². The second kappa shape index (κ2) is 2.97. The first-order valence-electron chi connectivity index (χ1n) is 3.73. The number of rotatable bonds is 1. The molecule has 2 aromatic rings. The summed E-state index contributed by atoms with van der Waals surface area (Å²) in [5.74, 6) is -1.19. The van der Waals surface area contributed by atoms with Crippen molar-refractivity contribution in [1.29, 1.82) is 0 Å². The van der Waals surface area contributed by atoms with Crippen molar-refractivity contribution in [1.82, 2.24) is 10.2 Å². The van der Waals surface area contributed by atoms with Gasteiger partial charge in [-0.2, -0.15) is 5.10 Å². The molecule has 0 fully saturated rings. The Balaban J connectivity index is 2.64. The molecule has 2 nitrogen and oxygen atoms in total. The third-order valence-corrected chi connectivity index (χ3v) is 1.73. The average molecular weight is 180 g/mol. The number of hydrogen-bond acceptors (Lipinski definition) is 1. The molecule has 1 heterocycles. The maximum atomic E-state index is 13.1. The van der Waals surface area contributed by atoms with Crippen LogP contribution in [0.5, 0.6) is 0 Å². The highest BCUT2D eigenvalue weighted by molar-refractivity contribution is 5.59. The van der Waals surface area contributed by atoms with Crippen LogP contribution in [0, 0.1) is 11.6 Å². The van der Waals surface area contributed by atoms with Gasteiger partial charge >= 0.3 is 0 Å². The van der Waals surface area contributed by atoms with Gasteiger partial charge in [-0.05, 0) is 18.2 Å². The molecular formula is C9H6F2N2. The highest BCUT2D eigenvalue weighted by Crippen LogP contribution is 2.23. The molecule has 0 saturated heterocycles. The summed E-state index contributed by atoms with van der Waals surface area (Å²) in [6, 6.07) is 5.25. The Kier molecular flexibility index (Phi) is 1.81. The molecule has 0 amide bonds. The van der Waals surface area contributed by atoms with Gasteiger partial charge in [-0.3, -0.25) is 5.10 Å². The van der Waals surface area contributed by atoms with Crippen LogP contribution in [0.1, 0.15) is 0 Å². The molecule has 0 bridgehead atoms.